The summed E-state index contributed by atoms with van der Waals surface area (Å²) in [6.07, 6.45) is 3.92. The van der Waals surface area contributed by atoms with Crippen molar-refractivity contribution >= 4 is 24.3 Å². The number of methoxy groups -OCH3 is 2. The molecule has 2 aromatic carbocycles. The number of aliphatic imine (C=N–C) groups is 1. The molecule has 2 aromatic rings. The van der Waals surface area contributed by atoms with E-state index in [0.29, 0.717) is 6.04 Å². The van der Waals surface area contributed by atoms with Crippen molar-refractivity contribution in [1.29, 1.82) is 0 Å². The Hall–Kier alpha value is -2.20. The summed E-state index contributed by atoms with van der Waals surface area (Å²) < 4.78 is 11.0. The number of nitrogens with zero attached hydrogens (tertiary/aromatic N) is 2. The van der Waals surface area contributed by atoms with Gasteiger partial charge in [-0.05, 0) is 30.0 Å². The van der Waals surface area contributed by atoms with Gasteiger partial charge in [0, 0.05) is 31.9 Å². The molecule has 0 heterocycles. The maximum absolute atomic E-state index is 5.54. The van der Waals surface area contributed by atoms with Crippen LogP contribution < -0.4 is 14.4 Å². The van der Waals surface area contributed by atoms with Gasteiger partial charge in [0.1, 0.15) is 11.5 Å². The van der Waals surface area contributed by atoms with Crippen LogP contribution in [0.2, 0.25) is 0 Å². The minimum atomic E-state index is 0. The minimum absolute atomic E-state index is 0. The van der Waals surface area contributed by atoms with Gasteiger partial charge in [-0.15, -0.1) is 12.4 Å². The first-order valence-corrected chi connectivity index (χ1v) is 8.15. The van der Waals surface area contributed by atoms with Gasteiger partial charge in [0.25, 0.3) is 0 Å². The minimum Gasteiger partial charge on any atom is -0.496 e. The Labute approximate surface area is 155 Å². The number of halogens is 1. The first-order valence-electron chi connectivity index (χ1n) is 8.15. The lowest BCUT2D eigenvalue weighted by atomic mass is 10.1. The van der Waals surface area contributed by atoms with Gasteiger partial charge in [0.2, 0.25) is 0 Å². The van der Waals surface area contributed by atoms with E-state index in [4.69, 9.17) is 14.5 Å². The van der Waals surface area contributed by atoms with Gasteiger partial charge in [0.05, 0.1) is 25.9 Å². The summed E-state index contributed by atoms with van der Waals surface area (Å²) in [4.78, 5) is 6.80. The van der Waals surface area contributed by atoms with E-state index in [0.717, 1.165) is 35.6 Å². The molecule has 0 radical (unpaired) electrons. The van der Waals surface area contributed by atoms with Crippen molar-refractivity contribution < 1.29 is 9.47 Å². The summed E-state index contributed by atoms with van der Waals surface area (Å²) in [6, 6.07) is 12.9. The van der Waals surface area contributed by atoms with Crippen LogP contribution in [0.5, 0.6) is 11.5 Å². The molecule has 0 N–H and O–H groups in total. The second-order valence-electron chi connectivity index (χ2n) is 6.27. The number of rotatable bonds is 5. The van der Waals surface area contributed by atoms with Crippen LogP contribution in [0.25, 0.3) is 0 Å². The highest BCUT2D eigenvalue weighted by Crippen LogP contribution is 2.34. The Balaban J connectivity index is 0.00000225. The molecule has 5 heteroatoms. The largest absolute Gasteiger partial charge is 0.496 e. The van der Waals surface area contributed by atoms with Gasteiger partial charge in [-0.25, -0.2) is 0 Å². The molecule has 25 heavy (non-hydrogen) atoms. The van der Waals surface area contributed by atoms with Crippen molar-refractivity contribution in [3.05, 3.63) is 53.1 Å². The zero-order chi connectivity index (χ0) is 17.1. The molecule has 0 bridgehead atoms. The summed E-state index contributed by atoms with van der Waals surface area (Å²) in [5, 5.41) is 0. The molecule has 0 saturated heterocycles. The molecular formula is C20H25ClN2O2. The number of ether oxygens (including phenoxy) is 2. The molecule has 0 fully saturated rings. The first kappa shape index (κ1) is 19.1. The number of hydrogen-bond donors (Lipinski definition) is 0. The fourth-order valence-electron chi connectivity index (χ4n) is 3.18. The quantitative estimate of drug-likeness (QED) is 0.761. The van der Waals surface area contributed by atoms with Crippen molar-refractivity contribution in [2.75, 3.05) is 33.2 Å². The van der Waals surface area contributed by atoms with Crippen LogP contribution in [0.4, 0.5) is 5.69 Å². The predicted octanol–water partition coefficient (Wildman–Crippen LogP) is 3.78. The van der Waals surface area contributed by atoms with Gasteiger partial charge in [0.15, 0.2) is 0 Å². The third-order valence-corrected chi connectivity index (χ3v) is 4.47. The molecule has 0 spiro atoms. The van der Waals surface area contributed by atoms with Crippen LogP contribution in [-0.4, -0.2) is 40.6 Å². The number of anilines is 1. The Morgan fingerprint density at radius 2 is 1.60 bits per heavy atom. The van der Waals surface area contributed by atoms with Crippen LogP contribution in [-0.2, 0) is 12.8 Å². The predicted molar refractivity (Wildman–Crippen MR) is 106 cm³/mol. The molecule has 1 aliphatic rings. The van der Waals surface area contributed by atoms with E-state index in [2.05, 4.69) is 24.3 Å². The topological polar surface area (TPSA) is 34.1 Å². The Morgan fingerprint density at radius 3 is 2.12 bits per heavy atom. The van der Waals surface area contributed by atoms with Crippen molar-refractivity contribution in [3.63, 3.8) is 0 Å². The maximum atomic E-state index is 5.54. The molecule has 0 amide bonds. The Bertz CT molecular complexity index is 734. The van der Waals surface area contributed by atoms with Gasteiger partial charge >= 0.3 is 0 Å². The van der Waals surface area contributed by atoms with Crippen molar-refractivity contribution in [3.8, 4) is 11.5 Å². The maximum Gasteiger partial charge on any atom is 0.143 e. The highest BCUT2D eigenvalue weighted by atomic mass is 35.5. The number of benzene rings is 2. The SMILES string of the molecule is COc1cc(N(C)C)c(OC)cc1C=NC1Cc2ccccc2C1.Cl. The molecule has 0 saturated carbocycles. The molecule has 134 valence electrons. The molecule has 0 aromatic heterocycles. The molecule has 3 rings (SSSR count). The summed E-state index contributed by atoms with van der Waals surface area (Å²) in [5.41, 5.74) is 4.75. The third kappa shape index (κ3) is 4.07. The van der Waals surface area contributed by atoms with Crippen molar-refractivity contribution in [2.45, 2.75) is 18.9 Å². The lowest BCUT2D eigenvalue weighted by Gasteiger charge is -2.19. The summed E-state index contributed by atoms with van der Waals surface area (Å²) in [7, 11) is 7.34. The Kier molecular flexibility index (Phi) is 6.32. The van der Waals surface area contributed by atoms with E-state index in [1.54, 1.807) is 14.2 Å². The third-order valence-electron chi connectivity index (χ3n) is 4.47. The van der Waals surface area contributed by atoms with Gasteiger partial charge in [-0.3, -0.25) is 4.99 Å². The second-order valence-corrected chi connectivity index (χ2v) is 6.27. The second kappa shape index (κ2) is 8.26. The van der Waals surface area contributed by atoms with Crippen molar-refractivity contribution in [1.82, 2.24) is 0 Å². The Morgan fingerprint density at radius 1 is 1.00 bits per heavy atom. The number of fused-ring (bicyclic) bond motifs is 1. The van der Waals surface area contributed by atoms with Crippen LogP contribution in [0.15, 0.2) is 41.4 Å². The average molecular weight is 361 g/mol. The van der Waals surface area contributed by atoms with Crippen molar-refractivity contribution in [2.24, 2.45) is 4.99 Å². The molecule has 0 aliphatic heterocycles. The summed E-state index contributed by atoms with van der Waals surface area (Å²) >= 11 is 0. The van der Waals surface area contributed by atoms with Gasteiger partial charge < -0.3 is 14.4 Å². The van der Waals surface area contributed by atoms with Crippen LogP contribution in [0.3, 0.4) is 0 Å². The highest BCUT2D eigenvalue weighted by molar-refractivity contribution is 5.86. The zero-order valence-corrected chi connectivity index (χ0v) is 16.0. The number of hydrogen-bond acceptors (Lipinski definition) is 4. The summed E-state index contributed by atoms with van der Waals surface area (Å²) in [6.45, 7) is 0. The molecule has 4 nitrogen and oxygen atoms in total. The first-order chi connectivity index (χ1) is 11.6. The van der Waals surface area contributed by atoms with Gasteiger partial charge in [-0.2, -0.15) is 0 Å². The lowest BCUT2D eigenvalue weighted by Crippen LogP contribution is -2.11. The van der Waals surface area contributed by atoms with Crippen LogP contribution in [0, 0.1) is 0 Å². The van der Waals surface area contributed by atoms with E-state index < -0.39 is 0 Å². The molecule has 0 unspecified atom stereocenters. The van der Waals surface area contributed by atoms with E-state index >= 15 is 0 Å². The smallest absolute Gasteiger partial charge is 0.143 e. The normalized spacial score (nSPS) is 13.4. The average Bonchev–Trinajstić information content (AvgIpc) is 3.01. The van der Waals surface area contributed by atoms with E-state index in [-0.39, 0.29) is 12.4 Å². The molecule has 1 aliphatic carbocycles. The van der Waals surface area contributed by atoms with Gasteiger partial charge in [-0.1, -0.05) is 24.3 Å². The van der Waals surface area contributed by atoms with E-state index in [1.165, 1.54) is 11.1 Å². The standard InChI is InChI=1S/C20H24N2O2.ClH/c1-22(2)18-12-19(23-3)16(11-20(18)24-4)13-21-17-9-14-7-5-6-8-15(14)10-17;/h5-8,11-13,17H,9-10H2,1-4H3;1H. The van der Waals surface area contributed by atoms with Crippen LogP contribution in [0.1, 0.15) is 16.7 Å². The summed E-state index contributed by atoms with van der Waals surface area (Å²) in [5.74, 6) is 1.62. The fraction of sp³-hybridized carbons (Fsp3) is 0.350. The van der Waals surface area contributed by atoms with E-state index in [1.807, 2.05) is 37.3 Å². The highest BCUT2D eigenvalue weighted by Gasteiger charge is 2.20. The zero-order valence-electron chi connectivity index (χ0n) is 15.2. The van der Waals surface area contributed by atoms with Crippen LogP contribution >= 0.6 is 12.4 Å². The molecule has 0 atom stereocenters. The van der Waals surface area contributed by atoms with E-state index in [9.17, 15) is 0 Å². The molecular weight excluding hydrogens is 336 g/mol. The lowest BCUT2D eigenvalue weighted by molar-refractivity contribution is 0.403. The monoisotopic (exact) mass is 360 g/mol. The fourth-order valence-corrected chi connectivity index (χ4v) is 3.18.